The summed E-state index contributed by atoms with van der Waals surface area (Å²) in [7, 11) is -3.18. The first-order valence-electron chi connectivity index (χ1n) is 4.75. The molecule has 4 N–H and O–H groups in total. The Morgan fingerprint density at radius 3 is 2.44 bits per heavy atom. The number of nitrogens with one attached hydrogen (secondary N) is 1. The molecule has 11 heteroatoms. The van der Waals surface area contributed by atoms with Crippen LogP contribution in [0.2, 0.25) is 0 Å². The van der Waals surface area contributed by atoms with Crippen LogP contribution in [0.25, 0.3) is 0 Å². The van der Waals surface area contributed by atoms with Gasteiger partial charge in [-0.25, -0.2) is 0 Å². The molecule has 108 valence electrons. The number of rotatable bonds is 6. The van der Waals surface area contributed by atoms with Crippen molar-refractivity contribution in [1.29, 1.82) is 0 Å². The maximum absolute atomic E-state index is 11.9. The van der Waals surface area contributed by atoms with E-state index in [1.807, 2.05) is 0 Å². The molecule has 0 spiro atoms. The zero-order chi connectivity index (χ0) is 14.6. The van der Waals surface area contributed by atoms with Crippen LogP contribution in [-0.2, 0) is 10.2 Å². The first-order chi connectivity index (χ1) is 7.99. The summed E-state index contributed by atoms with van der Waals surface area (Å²) in [5.41, 5.74) is 5.18. The van der Waals surface area contributed by atoms with E-state index in [-0.39, 0.29) is 12.3 Å². The summed E-state index contributed by atoms with van der Waals surface area (Å²) in [4.78, 5) is 0. The number of oxime groups is 1. The van der Waals surface area contributed by atoms with E-state index in [1.54, 1.807) is 0 Å². The Labute approximate surface area is 103 Å². The summed E-state index contributed by atoms with van der Waals surface area (Å²) in [6.45, 7) is -0.249. The summed E-state index contributed by atoms with van der Waals surface area (Å²) in [5.74, 6) is -0.222. The van der Waals surface area contributed by atoms with Crippen molar-refractivity contribution >= 4 is 16.0 Å². The molecule has 0 aromatic carbocycles. The monoisotopic (exact) mass is 292 g/mol. The fourth-order valence-corrected chi connectivity index (χ4v) is 2.08. The van der Waals surface area contributed by atoms with E-state index in [4.69, 9.17) is 10.9 Å². The van der Waals surface area contributed by atoms with Crippen molar-refractivity contribution < 1.29 is 26.8 Å². The summed E-state index contributed by atoms with van der Waals surface area (Å²) >= 11 is 0. The van der Waals surface area contributed by atoms with Gasteiger partial charge in [-0.2, -0.15) is 30.6 Å². The Balaban J connectivity index is 4.61. The Kier molecular flexibility index (Phi) is 5.83. The van der Waals surface area contributed by atoms with Gasteiger partial charge in [0, 0.05) is 19.5 Å². The Bertz CT molecular complexity index is 395. The van der Waals surface area contributed by atoms with E-state index in [0.717, 1.165) is 7.05 Å². The normalized spacial score (nSPS) is 16.0. The lowest BCUT2D eigenvalue weighted by molar-refractivity contribution is -0.121. The van der Waals surface area contributed by atoms with Gasteiger partial charge in [0.05, 0.1) is 0 Å². The van der Waals surface area contributed by atoms with Gasteiger partial charge in [-0.15, -0.1) is 0 Å². The van der Waals surface area contributed by atoms with Gasteiger partial charge in [0.1, 0.15) is 12.4 Å². The molecule has 0 fully saturated rings. The van der Waals surface area contributed by atoms with Crippen molar-refractivity contribution in [2.75, 3.05) is 13.6 Å². The third kappa shape index (κ3) is 6.02. The summed E-state index contributed by atoms with van der Waals surface area (Å²) in [6.07, 6.45) is -4.75. The highest BCUT2D eigenvalue weighted by atomic mass is 32.2. The molecule has 0 aliphatic heterocycles. The molecular formula is C7H15F3N4O3S. The lowest BCUT2D eigenvalue weighted by Crippen LogP contribution is -2.46. The molecule has 0 saturated heterocycles. The predicted octanol–water partition coefficient (Wildman–Crippen LogP) is -0.160. The number of nitrogens with zero attached hydrogens (tertiary/aromatic N) is 2. The van der Waals surface area contributed by atoms with E-state index in [2.05, 4.69) is 5.16 Å². The van der Waals surface area contributed by atoms with Crippen LogP contribution in [0.3, 0.4) is 0 Å². The minimum atomic E-state index is -4.64. The first-order valence-corrected chi connectivity index (χ1v) is 6.19. The third-order valence-electron chi connectivity index (χ3n) is 2.09. The van der Waals surface area contributed by atoms with Crippen molar-refractivity contribution in [2.45, 2.75) is 25.6 Å². The number of halogens is 3. The molecule has 0 amide bonds. The smallest absolute Gasteiger partial charge is 0.402 e. The number of hydrogen-bond acceptors (Lipinski definition) is 4. The molecule has 0 aliphatic carbocycles. The second-order valence-corrected chi connectivity index (χ2v) is 5.42. The molecule has 1 atom stereocenters. The average Bonchev–Trinajstić information content (AvgIpc) is 2.24. The van der Waals surface area contributed by atoms with Crippen molar-refractivity contribution in [1.82, 2.24) is 9.03 Å². The molecule has 0 radical (unpaired) electrons. The van der Waals surface area contributed by atoms with Gasteiger partial charge in [0.25, 0.3) is 10.2 Å². The van der Waals surface area contributed by atoms with Crippen LogP contribution >= 0.6 is 0 Å². The second-order valence-electron chi connectivity index (χ2n) is 3.60. The number of hydrogen-bond donors (Lipinski definition) is 3. The van der Waals surface area contributed by atoms with Crippen LogP contribution in [0.4, 0.5) is 13.2 Å². The van der Waals surface area contributed by atoms with E-state index in [0.29, 0.717) is 4.31 Å². The maximum atomic E-state index is 11.9. The zero-order valence-electron chi connectivity index (χ0n) is 9.77. The summed E-state index contributed by atoms with van der Waals surface area (Å²) in [6, 6.07) is -0.758. The SMILES string of the molecule is CC(CC(N)=NO)N(C)S(=O)(=O)NCC(F)(F)F. The summed E-state index contributed by atoms with van der Waals surface area (Å²) < 4.78 is 60.7. The minimum absolute atomic E-state index is 0.111. The lowest BCUT2D eigenvalue weighted by atomic mass is 10.2. The Morgan fingerprint density at radius 2 is 2.06 bits per heavy atom. The van der Waals surface area contributed by atoms with Crippen molar-refractivity contribution in [2.24, 2.45) is 10.9 Å². The number of amidine groups is 1. The molecule has 0 aliphatic rings. The van der Waals surface area contributed by atoms with Crippen LogP contribution in [0.5, 0.6) is 0 Å². The molecular weight excluding hydrogens is 277 g/mol. The molecule has 0 heterocycles. The van der Waals surface area contributed by atoms with Crippen LogP contribution in [0.1, 0.15) is 13.3 Å². The minimum Gasteiger partial charge on any atom is -0.409 e. The van der Waals surface area contributed by atoms with Gasteiger partial charge >= 0.3 is 6.18 Å². The molecule has 0 rings (SSSR count). The molecule has 18 heavy (non-hydrogen) atoms. The number of alkyl halides is 3. The lowest BCUT2D eigenvalue weighted by Gasteiger charge is -2.24. The topological polar surface area (TPSA) is 108 Å². The molecule has 7 nitrogen and oxygen atoms in total. The first kappa shape index (κ1) is 16.9. The Hall–Kier alpha value is -1.07. The van der Waals surface area contributed by atoms with E-state index >= 15 is 0 Å². The second kappa shape index (κ2) is 6.20. The third-order valence-corrected chi connectivity index (χ3v) is 3.72. The van der Waals surface area contributed by atoms with Crippen LogP contribution in [-0.4, -0.2) is 49.6 Å². The van der Waals surface area contributed by atoms with E-state index in [1.165, 1.54) is 11.6 Å². The van der Waals surface area contributed by atoms with Crippen LogP contribution < -0.4 is 10.5 Å². The van der Waals surface area contributed by atoms with Crippen molar-refractivity contribution in [3.63, 3.8) is 0 Å². The summed E-state index contributed by atoms with van der Waals surface area (Å²) in [5, 5.41) is 11.0. The number of nitrogens with two attached hydrogens (primary N) is 1. The fraction of sp³-hybridized carbons (Fsp3) is 0.857. The van der Waals surface area contributed by atoms with Crippen LogP contribution in [0.15, 0.2) is 5.16 Å². The van der Waals surface area contributed by atoms with Gasteiger partial charge in [-0.05, 0) is 6.92 Å². The highest BCUT2D eigenvalue weighted by Gasteiger charge is 2.32. The zero-order valence-corrected chi connectivity index (χ0v) is 10.6. The van der Waals surface area contributed by atoms with Gasteiger partial charge in [0.15, 0.2) is 0 Å². The Morgan fingerprint density at radius 1 is 1.56 bits per heavy atom. The largest absolute Gasteiger partial charge is 0.409 e. The van der Waals surface area contributed by atoms with Gasteiger partial charge in [-0.1, -0.05) is 5.16 Å². The highest BCUT2D eigenvalue weighted by molar-refractivity contribution is 7.87. The molecule has 0 saturated carbocycles. The average molecular weight is 292 g/mol. The highest BCUT2D eigenvalue weighted by Crippen LogP contribution is 2.14. The van der Waals surface area contributed by atoms with Gasteiger partial charge in [0.2, 0.25) is 0 Å². The molecule has 0 aromatic heterocycles. The molecule has 0 bridgehead atoms. The molecule has 1 unspecified atom stereocenters. The van der Waals surface area contributed by atoms with Crippen molar-refractivity contribution in [3.8, 4) is 0 Å². The van der Waals surface area contributed by atoms with Gasteiger partial charge in [-0.3, -0.25) is 0 Å². The van der Waals surface area contributed by atoms with Crippen LogP contribution in [0, 0.1) is 0 Å². The standard InChI is InChI=1S/C7H15F3N4O3S/c1-5(3-6(11)13-15)14(2)18(16,17)12-4-7(8,9)10/h5,12,15H,3-4H2,1-2H3,(H2,11,13). The quantitative estimate of drug-likeness (QED) is 0.273. The fourth-order valence-electron chi connectivity index (χ4n) is 0.984. The van der Waals surface area contributed by atoms with E-state index in [9.17, 15) is 21.6 Å². The van der Waals surface area contributed by atoms with Gasteiger partial charge < -0.3 is 10.9 Å². The van der Waals surface area contributed by atoms with E-state index < -0.39 is 29.0 Å². The molecule has 0 aromatic rings. The van der Waals surface area contributed by atoms with Crippen molar-refractivity contribution in [3.05, 3.63) is 0 Å². The maximum Gasteiger partial charge on any atom is 0.402 e. The predicted molar refractivity (Wildman–Crippen MR) is 58.2 cm³/mol.